The highest BCUT2D eigenvalue weighted by Gasteiger charge is 2.18. The van der Waals surface area contributed by atoms with Crippen LogP contribution in [0, 0.1) is 17.2 Å². The van der Waals surface area contributed by atoms with E-state index in [1.54, 1.807) is 37.1 Å². The molecule has 5 nitrogen and oxygen atoms in total. The smallest absolute Gasteiger partial charge is 0.254 e. The van der Waals surface area contributed by atoms with Crippen LogP contribution in [0.2, 0.25) is 0 Å². The highest BCUT2D eigenvalue weighted by molar-refractivity contribution is 5.95. The van der Waals surface area contributed by atoms with Crippen LogP contribution in [0.5, 0.6) is 11.5 Å². The lowest BCUT2D eigenvalue weighted by molar-refractivity contribution is 0.0752. The summed E-state index contributed by atoms with van der Waals surface area (Å²) in [6, 6.07) is 7.30. The van der Waals surface area contributed by atoms with Crippen molar-refractivity contribution >= 4 is 5.91 Å². The van der Waals surface area contributed by atoms with E-state index in [1.807, 2.05) is 20.8 Å². The minimum absolute atomic E-state index is 0.0269. The summed E-state index contributed by atoms with van der Waals surface area (Å²) >= 11 is 0. The Balaban J connectivity index is 3.00. The van der Waals surface area contributed by atoms with Gasteiger partial charge in [-0.2, -0.15) is 5.26 Å². The molecule has 0 saturated carbocycles. The number of methoxy groups -OCH3 is 1. The summed E-state index contributed by atoms with van der Waals surface area (Å²) in [5, 5.41) is 8.91. The molecule has 5 heteroatoms. The molecular weight excluding hydrogens is 280 g/mol. The first kappa shape index (κ1) is 17.8. The molecule has 0 aliphatic carbocycles. The lowest BCUT2D eigenvalue weighted by Crippen LogP contribution is -2.34. The molecule has 0 heterocycles. The third kappa shape index (κ3) is 4.66. The monoisotopic (exact) mass is 304 g/mol. The topological polar surface area (TPSA) is 62.6 Å². The summed E-state index contributed by atoms with van der Waals surface area (Å²) in [6.07, 6.45) is 0.0269. The fourth-order valence-electron chi connectivity index (χ4n) is 2.06. The molecule has 1 unspecified atom stereocenters. The average molecular weight is 304 g/mol. The molecule has 0 aromatic heterocycles. The van der Waals surface area contributed by atoms with E-state index in [-0.39, 0.29) is 17.9 Å². The number of amides is 1. The van der Waals surface area contributed by atoms with Crippen molar-refractivity contribution in [1.29, 1.82) is 5.26 Å². The van der Waals surface area contributed by atoms with Crippen molar-refractivity contribution in [2.45, 2.75) is 33.8 Å². The summed E-state index contributed by atoms with van der Waals surface area (Å²) in [4.78, 5) is 14.2. The van der Waals surface area contributed by atoms with E-state index in [9.17, 15) is 4.79 Å². The van der Waals surface area contributed by atoms with Crippen LogP contribution in [0.1, 0.15) is 38.1 Å². The SMILES string of the molecule is CCN(CC(C)C#N)C(=O)c1ccc(OC(C)C)c(OC)c1. The van der Waals surface area contributed by atoms with Gasteiger partial charge in [0.2, 0.25) is 0 Å². The molecular formula is C17H24N2O3. The summed E-state index contributed by atoms with van der Waals surface area (Å²) in [5.74, 6) is 0.833. The lowest BCUT2D eigenvalue weighted by atomic mass is 10.1. The molecule has 0 fully saturated rings. The summed E-state index contributed by atoms with van der Waals surface area (Å²) in [7, 11) is 1.55. The highest BCUT2D eigenvalue weighted by Crippen LogP contribution is 2.29. The van der Waals surface area contributed by atoms with Crippen LogP contribution < -0.4 is 9.47 Å². The standard InChI is InChI=1S/C17H24N2O3/c1-6-19(11-13(4)10-18)17(20)14-7-8-15(22-12(2)3)16(9-14)21-5/h7-9,12-13H,6,11H2,1-5H3. The average Bonchev–Trinajstić information content (AvgIpc) is 2.51. The van der Waals surface area contributed by atoms with E-state index in [1.165, 1.54) is 0 Å². The summed E-state index contributed by atoms with van der Waals surface area (Å²) in [6.45, 7) is 8.53. The molecule has 0 aliphatic rings. The number of carbonyl (C=O) groups is 1. The first-order chi connectivity index (χ1) is 10.4. The van der Waals surface area contributed by atoms with Crippen molar-refractivity contribution in [3.8, 4) is 17.6 Å². The molecule has 1 atom stereocenters. The van der Waals surface area contributed by atoms with Crippen molar-refractivity contribution in [2.24, 2.45) is 5.92 Å². The van der Waals surface area contributed by atoms with E-state index >= 15 is 0 Å². The van der Waals surface area contributed by atoms with Crippen molar-refractivity contribution in [3.63, 3.8) is 0 Å². The lowest BCUT2D eigenvalue weighted by Gasteiger charge is -2.22. The van der Waals surface area contributed by atoms with Gasteiger partial charge in [0.15, 0.2) is 11.5 Å². The van der Waals surface area contributed by atoms with Gasteiger partial charge in [-0.3, -0.25) is 4.79 Å². The van der Waals surface area contributed by atoms with Gasteiger partial charge in [-0.1, -0.05) is 0 Å². The van der Waals surface area contributed by atoms with Gasteiger partial charge in [0.05, 0.1) is 25.2 Å². The number of nitriles is 1. The van der Waals surface area contributed by atoms with E-state index in [0.29, 0.717) is 30.2 Å². The second kappa shape index (κ2) is 8.28. The first-order valence-electron chi connectivity index (χ1n) is 7.46. The second-order valence-electron chi connectivity index (χ2n) is 5.41. The fourth-order valence-corrected chi connectivity index (χ4v) is 2.06. The van der Waals surface area contributed by atoms with Crippen LogP contribution >= 0.6 is 0 Å². The van der Waals surface area contributed by atoms with Gasteiger partial charge in [-0.25, -0.2) is 0 Å². The van der Waals surface area contributed by atoms with Gasteiger partial charge in [-0.05, 0) is 45.9 Å². The van der Waals surface area contributed by atoms with Crippen LogP contribution in [0.3, 0.4) is 0 Å². The Bertz CT molecular complexity index is 549. The Kier molecular flexibility index (Phi) is 6.71. The van der Waals surface area contributed by atoms with E-state index in [0.717, 1.165) is 0 Å². The van der Waals surface area contributed by atoms with Crippen molar-refractivity contribution in [1.82, 2.24) is 4.90 Å². The Hall–Kier alpha value is -2.22. The molecule has 22 heavy (non-hydrogen) atoms. The number of carbonyl (C=O) groups excluding carboxylic acids is 1. The minimum atomic E-state index is -0.200. The van der Waals surface area contributed by atoms with Gasteiger partial charge in [0.25, 0.3) is 5.91 Å². The Morgan fingerprint density at radius 1 is 1.32 bits per heavy atom. The quantitative estimate of drug-likeness (QED) is 0.776. The zero-order valence-corrected chi connectivity index (χ0v) is 13.9. The maximum absolute atomic E-state index is 12.5. The van der Waals surface area contributed by atoms with Crippen molar-refractivity contribution < 1.29 is 14.3 Å². The van der Waals surface area contributed by atoms with Gasteiger partial charge < -0.3 is 14.4 Å². The third-order valence-corrected chi connectivity index (χ3v) is 3.16. The van der Waals surface area contributed by atoms with Crippen LogP contribution in [-0.4, -0.2) is 37.1 Å². The van der Waals surface area contributed by atoms with Crippen LogP contribution in [-0.2, 0) is 0 Å². The van der Waals surface area contributed by atoms with Gasteiger partial charge >= 0.3 is 0 Å². The zero-order chi connectivity index (χ0) is 16.7. The van der Waals surface area contributed by atoms with E-state index < -0.39 is 0 Å². The normalized spacial score (nSPS) is 11.7. The maximum atomic E-state index is 12.5. The molecule has 1 rings (SSSR count). The predicted octanol–water partition coefficient (Wildman–Crippen LogP) is 3.10. The van der Waals surface area contributed by atoms with E-state index in [4.69, 9.17) is 14.7 Å². The summed E-state index contributed by atoms with van der Waals surface area (Å²) in [5.41, 5.74) is 0.528. The number of hydrogen-bond acceptors (Lipinski definition) is 4. The number of ether oxygens (including phenoxy) is 2. The van der Waals surface area contributed by atoms with Crippen molar-refractivity contribution in [2.75, 3.05) is 20.2 Å². The number of benzene rings is 1. The largest absolute Gasteiger partial charge is 0.493 e. The molecule has 0 saturated heterocycles. The number of hydrogen-bond donors (Lipinski definition) is 0. The molecule has 120 valence electrons. The van der Waals surface area contributed by atoms with E-state index in [2.05, 4.69) is 6.07 Å². The van der Waals surface area contributed by atoms with Gasteiger partial charge in [0.1, 0.15) is 0 Å². The molecule has 0 aliphatic heterocycles. The summed E-state index contributed by atoms with van der Waals surface area (Å²) < 4.78 is 11.0. The molecule has 0 bridgehead atoms. The molecule has 1 aromatic carbocycles. The Labute approximate surface area is 132 Å². The molecule has 1 amide bonds. The molecule has 0 spiro atoms. The highest BCUT2D eigenvalue weighted by atomic mass is 16.5. The maximum Gasteiger partial charge on any atom is 0.254 e. The van der Waals surface area contributed by atoms with Crippen LogP contribution in [0.15, 0.2) is 18.2 Å². The van der Waals surface area contributed by atoms with Gasteiger partial charge in [-0.15, -0.1) is 0 Å². The third-order valence-electron chi connectivity index (χ3n) is 3.16. The second-order valence-corrected chi connectivity index (χ2v) is 5.41. The number of nitrogens with zero attached hydrogens (tertiary/aromatic N) is 2. The zero-order valence-electron chi connectivity index (χ0n) is 13.9. The van der Waals surface area contributed by atoms with Crippen LogP contribution in [0.4, 0.5) is 0 Å². The van der Waals surface area contributed by atoms with Crippen molar-refractivity contribution in [3.05, 3.63) is 23.8 Å². The molecule has 1 aromatic rings. The Morgan fingerprint density at radius 3 is 2.50 bits per heavy atom. The molecule has 0 N–H and O–H groups in total. The fraction of sp³-hybridized carbons (Fsp3) is 0.529. The molecule has 0 radical (unpaired) electrons. The predicted molar refractivity (Wildman–Crippen MR) is 85.1 cm³/mol. The van der Waals surface area contributed by atoms with Gasteiger partial charge in [0, 0.05) is 18.7 Å². The number of rotatable bonds is 7. The minimum Gasteiger partial charge on any atom is -0.493 e. The first-order valence-corrected chi connectivity index (χ1v) is 7.46. The van der Waals surface area contributed by atoms with Crippen LogP contribution in [0.25, 0.3) is 0 Å². The Morgan fingerprint density at radius 2 is 2.00 bits per heavy atom.